The number of carbonyl (C=O) groups excluding carboxylic acids is 1. The van der Waals surface area contributed by atoms with Crippen molar-refractivity contribution in [2.45, 2.75) is 26.6 Å². The van der Waals surface area contributed by atoms with Gasteiger partial charge in [-0.15, -0.1) is 0 Å². The van der Waals surface area contributed by atoms with Crippen LogP contribution >= 0.6 is 0 Å². The first kappa shape index (κ1) is 20.3. The zero-order valence-electron chi connectivity index (χ0n) is 17.0. The van der Waals surface area contributed by atoms with Gasteiger partial charge < -0.3 is 15.0 Å². The fourth-order valence-electron chi connectivity index (χ4n) is 3.21. The maximum absolute atomic E-state index is 12.0. The number of aliphatic hydroxyl groups is 1. The molecular weight excluding hydrogens is 394 g/mol. The van der Waals surface area contributed by atoms with Gasteiger partial charge in [-0.2, -0.15) is 0 Å². The Morgan fingerprint density at radius 2 is 1.84 bits per heavy atom. The topological polar surface area (TPSA) is 117 Å². The van der Waals surface area contributed by atoms with E-state index in [0.29, 0.717) is 17.9 Å². The van der Waals surface area contributed by atoms with Crippen LogP contribution in [0.2, 0.25) is 0 Å². The molecule has 4 aromatic rings. The summed E-state index contributed by atoms with van der Waals surface area (Å²) in [6, 6.07) is 17.3. The normalized spacial score (nSPS) is 10.8. The van der Waals surface area contributed by atoms with E-state index in [-0.39, 0.29) is 12.6 Å². The Labute approximate surface area is 179 Å². The third kappa shape index (κ3) is 5.14. The highest BCUT2D eigenvalue weighted by Gasteiger charge is 2.05. The molecule has 2 heterocycles. The Kier molecular flexibility index (Phi) is 6.04. The number of nitrogens with one attached hydrogen (secondary N) is 3. The van der Waals surface area contributed by atoms with Crippen molar-refractivity contribution >= 4 is 23.0 Å². The lowest BCUT2D eigenvalue weighted by molar-refractivity contribution is 0.242. The summed E-state index contributed by atoms with van der Waals surface area (Å²) in [5.41, 5.74) is 10.5. The number of aliphatic hydroxyl groups excluding tert-OH is 1. The second-order valence-electron chi connectivity index (χ2n) is 7.09. The van der Waals surface area contributed by atoms with Crippen molar-refractivity contribution in [3.05, 3.63) is 83.4 Å². The van der Waals surface area contributed by atoms with Gasteiger partial charge in [-0.05, 0) is 36.2 Å². The molecule has 31 heavy (non-hydrogen) atoms. The van der Waals surface area contributed by atoms with Gasteiger partial charge in [0.1, 0.15) is 0 Å². The molecule has 0 atom stereocenters. The third-order valence-electron chi connectivity index (χ3n) is 4.71. The van der Waals surface area contributed by atoms with Crippen LogP contribution in [-0.4, -0.2) is 30.7 Å². The molecule has 0 aliphatic rings. The Balaban J connectivity index is 1.28. The number of rotatable bonds is 7. The van der Waals surface area contributed by atoms with Gasteiger partial charge in [-0.1, -0.05) is 36.4 Å². The molecule has 0 saturated carbocycles. The number of carbonyl (C=O) groups is 1. The first-order chi connectivity index (χ1) is 15.1. The van der Waals surface area contributed by atoms with Crippen molar-refractivity contribution in [2.24, 2.45) is 0 Å². The number of aryl methyl sites for hydroxylation is 1. The maximum Gasteiger partial charge on any atom is 0.333 e. The lowest BCUT2D eigenvalue weighted by atomic mass is 10.1. The highest BCUT2D eigenvalue weighted by Crippen LogP contribution is 2.14. The average Bonchev–Trinajstić information content (AvgIpc) is 3.19. The molecule has 2 aromatic heterocycles. The van der Waals surface area contributed by atoms with Crippen LogP contribution in [0, 0.1) is 6.92 Å². The summed E-state index contributed by atoms with van der Waals surface area (Å²) in [5.74, 6) is 0.218. The van der Waals surface area contributed by atoms with Gasteiger partial charge in [0.25, 0.3) is 0 Å². The summed E-state index contributed by atoms with van der Waals surface area (Å²) < 4.78 is 2.11. The van der Waals surface area contributed by atoms with Crippen molar-refractivity contribution in [2.75, 3.05) is 5.43 Å². The van der Waals surface area contributed by atoms with E-state index in [4.69, 9.17) is 0 Å². The van der Waals surface area contributed by atoms with E-state index in [1.54, 1.807) is 13.0 Å². The van der Waals surface area contributed by atoms with Crippen LogP contribution in [0.4, 0.5) is 10.7 Å². The Morgan fingerprint density at radius 1 is 1.06 bits per heavy atom. The zero-order chi connectivity index (χ0) is 21.6. The molecule has 2 aromatic carbocycles. The molecule has 0 saturated heterocycles. The van der Waals surface area contributed by atoms with E-state index in [1.165, 1.54) is 0 Å². The number of hydrazine groups is 1. The van der Waals surface area contributed by atoms with Crippen LogP contribution in [0.5, 0.6) is 0 Å². The van der Waals surface area contributed by atoms with Crippen LogP contribution in [-0.2, 0) is 19.7 Å². The molecule has 0 bridgehead atoms. The van der Waals surface area contributed by atoms with E-state index >= 15 is 0 Å². The molecule has 4 N–H and O–H groups in total. The van der Waals surface area contributed by atoms with Crippen LogP contribution in [0.3, 0.4) is 0 Å². The summed E-state index contributed by atoms with van der Waals surface area (Å²) in [6.07, 6.45) is 1.85. The largest absolute Gasteiger partial charge is 0.390 e. The second-order valence-corrected chi connectivity index (χ2v) is 7.09. The monoisotopic (exact) mass is 417 g/mol. The minimum absolute atomic E-state index is 0.197. The predicted molar refractivity (Wildman–Crippen MR) is 117 cm³/mol. The van der Waals surface area contributed by atoms with Crippen molar-refractivity contribution < 1.29 is 9.90 Å². The maximum atomic E-state index is 12.0. The second kappa shape index (κ2) is 9.23. The lowest BCUT2D eigenvalue weighted by Crippen LogP contribution is -2.39. The van der Waals surface area contributed by atoms with Gasteiger partial charge in [0, 0.05) is 18.8 Å². The zero-order valence-corrected chi connectivity index (χ0v) is 17.0. The number of urea groups is 1. The Morgan fingerprint density at radius 3 is 2.65 bits per heavy atom. The van der Waals surface area contributed by atoms with E-state index in [9.17, 15) is 9.90 Å². The molecular formula is C22H23N7O2. The molecule has 0 unspecified atom stereocenters. The average molecular weight is 417 g/mol. The Hall–Kier alpha value is -3.98. The standard InChI is InChI=1S/C22H23N7O2/c1-15-10-18(13-30)26-21(25-15)27-28-22(31)23-11-16-6-8-17(9-7-16)12-29-14-24-19-4-2-3-5-20(19)29/h2-10,14,30H,11-13H2,1H3,(H2,23,28,31)(H,25,26,27). The molecule has 158 valence electrons. The number of amides is 2. The number of imidazole rings is 1. The predicted octanol–water partition coefficient (Wildman–Crippen LogP) is 2.50. The van der Waals surface area contributed by atoms with E-state index in [0.717, 1.165) is 28.7 Å². The van der Waals surface area contributed by atoms with Crippen molar-refractivity contribution in [3.8, 4) is 0 Å². The SMILES string of the molecule is Cc1cc(CO)nc(NNC(=O)NCc2ccc(Cn3cnc4ccccc43)cc2)n1. The number of hydrogen-bond acceptors (Lipinski definition) is 6. The fourth-order valence-corrected chi connectivity index (χ4v) is 3.21. The van der Waals surface area contributed by atoms with Gasteiger partial charge >= 0.3 is 6.03 Å². The Bertz CT molecular complexity index is 1190. The third-order valence-corrected chi connectivity index (χ3v) is 4.71. The highest BCUT2D eigenvalue weighted by atomic mass is 16.3. The van der Waals surface area contributed by atoms with Crippen molar-refractivity contribution in [1.82, 2.24) is 30.3 Å². The van der Waals surface area contributed by atoms with Crippen LogP contribution in [0.15, 0.2) is 60.9 Å². The molecule has 9 nitrogen and oxygen atoms in total. The fraction of sp³-hybridized carbons (Fsp3) is 0.182. The molecule has 0 spiro atoms. The van der Waals surface area contributed by atoms with Crippen LogP contribution in [0.25, 0.3) is 11.0 Å². The van der Waals surface area contributed by atoms with Gasteiger partial charge in [0.15, 0.2) is 0 Å². The van der Waals surface area contributed by atoms with Crippen molar-refractivity contribution in [3.63, 3.8) is 0 Å². The molecule has 0 radical (unpaired) electrons. The molecule has 0 fully saturated rings. The van der Waals surface area contributed by atoms with Gasteiger partial charge in [-0.25, -0.2) is 25.2 Å². The number of nitrogens with zero attached hydrogens (tertiary/aromatic N) is 4. The molecule has 2 amide bonds. The van der Waals surface area contributed by atoms with E-state index < -0.39 is 6.03 Å². The molecule has 0 aliphatic carbocycles. The number of aromatic nitrogens is 4. The minimum atomic E-state index is -0.412. The molecule has 4 rings (SSSR count). The van der Waals surface area contributed by atoms with Crippen molar-refractivity contribution in [1.29, 1.82) is 0 Å². The molecule has 0 aliphatic heterocycles. The highest BCUT2D eigenvalue weighted by molar-refractivity contribution is 5.75. The van der Waals surface area contributed by atoms with Crippen LogP contribution in [0.1, 0.15) is 22.5 Å². The minimum Gasteiger partial charge on any atom is -0.390 e. The van der Waals surface area contributed by atoms with Gasteiger partial charge in [0.05, 0.1) is 29.7 Å². The summed E-state index contributed by atoms with van der Waals surface area (Å²) in [5, 5.41) is 12.0. The van der Waals surface area contributed by atoms with E-state index in [1.807, 2.05) is 48.8 Å². The molecule has 9 heteroatoms. The van der Waals surface area contributed by atoms with Crippen LogP contribution < -0.4 is 16.2 Å². The smallest absolute Gasteiger partial charge is 0.333 e. The number of hydrogen-bond donors (Lipinski definition) is 4. The summed E-state index contributed by atoms with van der Waals surface area (Å²) >= 11 is 0. The quantitative estimate of drug-likeness (QED) is 0.343. The number of fused-ring (bicyclic) bond motifs is 1. The summed E-state index contributed by atoms with van der Waals surface area (Å²) in [7, 11) is 0. The summed E-state index contributed by atoms with van der Waals surface area (Å²) in [6.45, 7) is 2.69. The first-order valence-corrected chi connectivity index (χ1v) is 9.83. The first-order valence-electron chi connectivity index (χ1n) is 9.83. The number of anilines is 1. The number of benzene rings is 2. The van der Waals surface area contributed by atoms with Gasteiger partial charge in [0.2, 0.25) is 5.95 Å². The number of para-hydroxylation sites is 2. The summed E-state index contributed by atoms with van der Waals surface area (Å²) in [4.78, 5) is 24.7. The van der Waals surface area contributed by atoms with E-state index in [2.05, 4.69) is 41.8 Å². The van der Waals surface area contributed by atoms with Gasteiger partial charge in [-0.3, -0.25) is 5.43 Å². The lowest BCUT2D eigenvalue weighted by Gasteiger charge is -2.10.